The number of sulfone groups is 1. The summed E-state index contributed by atoms with van der Waals surface area (Å²) in [6.45, 7) is 0.379. The zero-order valence-corrected chi connectivity index (χ0v) is 17.3. The van der Waals surface area contributed by atoms with E-state index in [1.54, 1.807) is 36.5 Å². The summed E-state index contributed by atoms with van der Waals surface area (Å²) < 4.78 is 29.3. The third kappa shape index (κ3) is 6.05. The predicted molar refractivity (Wildman–Crippen MR) is 116 cm³/mol. The number of anilines is 1. The summed E-state index contributed by atoms with van der Waals surface area (Å²) in [5.74, 6) is -0.212. The number of carbonyl (C=O) groups excluding carboxylic acids is 1. The number of hydrogen-bond acceptors (Lipinski definition) is 5. The van der Waals surface area contributed by atoms with Crippen LogP contribution in [-0.2, 0) is 16.4 Å². The van der Waals surface area contributed by atoms with Gasteiger partial charge in [0.15, 0.2) is 9.84 Å². The Bertz CT molecular complexity index is 1190. The largest absolute Gasteiger partial charge is 0.492 e. The lowest BCUT2D eigenvalue weighted by Gasteiger charge is -2.10. The van der Waals surface area contributed by atoms with E-state index >= 15 is 0 Å². The fraction of sp³-hybridized carbons (Fsp3) is 0.182. The van der Waals surface area contributed by atoms with Crippen molar-refractivity contribution in [3.63, 3.8) is 0 Å². The highest BCUT2D eigenvalue weighted by Gasteiger charge is 2.13. The maximum atomic E-state index is 12.7. The van der Waals surface area contributed by atoms with E-state index in [1.165, 1.54) is 10.6 Å². The molecule has 0 spiro atoms. The Hall–Kier alpha value is -3.39. The molecule has 0 aliphatic carbocycles. The highest BCUT2D eigenvalue weighted by atomic mass is 32.2. The SMILES string of the molecule is CS(=O)(=O)CCOc1cccc(NC(=O)c2cccn(Cc3ccccc3)c2=O)c1. The molecule has 7 nitrogen and oxygen atoms in total. The van der Waals surface area contributed by atoms with Crippen molar-refractivity contribution in [3.8, 4) is 5.75 Å². The van der Waals surface area contributed by atoms with Crippen LogP contribution in [0.4, 0.5) is 5.69 Å². The van der Waals surface area contributed by atoms with Crippen LogP contribution >= 0.6 is 0 Å². The third-order valence-electron chi connectivity index (χ3n) is 4.28. The van der Waals surface area contributed by atoms with E-state index in [4.69, 9.17) is 4.74 Å². The second-order valence-corrected chi connectivity index (χ2v) is 9.06. The van der Waals surface area contributed by atoms with E-state index in [9.17, 15) is 18.0 Å². The minimum absolute atomic E-state index is 0.0130. The lowest BCUT2D eigenvalue weighted by molar-refractivity contribution is 0.102. The molecule has 156 valence electrons. The summed E-state index contributed by atoms with van der Waals surface area (Å²) in [4.78, 5) is 25.4. The van der Waals surface area contributed by atoms with Crippen molar-refractivity contribution in [2.75, 3.05) is 23.9 Å². The first-order chi connectivity index (χ1) is 14.3. The Kier molecular flexibility index (Phi) is 6.68. The van der Waals surface area contributed by atoms with Gasteiger partial charge in [-0.15, -0.1) is 0 Å². The first-order valence-electron chi connectivity index (χ1n) is 9.27. The van der Waals surface area contributed by atoms with Crippen molar-refractivity contribution in [1.82, 2.24) is 4.57 Å². The normalized spacial score (nSPS) is 11.1. The van der Waals surface area contributed by atoms with Crippen LogP contribution in [0.25, 0.3) is 0 Å². The Morgan fingerprint density at radius 2 is 1.80 bits per heavy atom. The van der Waals surface area contributed by atoms with Crippen molar-refractivity contribution in [1.29, 1.82) is 0 Å². The molecule has 0 unspecified atom stereocenters. The van der Waals surface area contributed by atoms with Gasteiger partial charge in [0.1, 0.15) is 17.9 Å². The van der Waals surface area contributed by atoms with Crippen molar-refractivity contribution < 1.29 is 17.9 Å². The maximum Gasteiger partial charge on any atom is 0.263 e. The van der Waals surface area contributed by atoms with Gasteiger partial charge in [0.2, 0.25) is 0 Å². The Morgan fingerprint density at radius 3 is 2.53 bits per heavy atom. The molecule has 0 atom stereocenters. The third-order valence-corrected chi connectivity index (χ3v) is 5.18. The Labute approximate surface area is 174 Å². The molecule has 0 aliphatic heterocycles. The summed E-state index contributed by atoms with van der Waals surface area (Å²) >= 11 is 0. The quantitative estimate of drug-likeness (QED) is 0.597. The molecule has 0 aliphatic rings. The molecule has 1 heterocycles. The van der Waals surface area contributed by atoms with Gasteiger partial charge >= 0.3 is 0 Å². The second kappa shape index (κ2) is 9.41. The number of amides is 1. The number of benzene rings is 2. The van der Waals surface area contributed by atoms with Gasteiger partial charge in [-0.3, -0.25) is 9.59 Å². The molecule has 3 aromatic rings. The lowest BCUT2D eigenvalue weighted by Crippen LogP contribution is -2.29. The van der Waals surface area contributed by atoms with Gasteiger partial charge in [0, 0.05) is 24.2 Å². The van der Waals surface area contributed by atoms with E-state index in [0.29, 0.717) is 18.0 Å². The van der Waals surface area contributed by atoms with Crippen LogP contribution < -0.4 is 15.6 Å². The lowest BCUT2D eigenvalue weighted by atomic mass is 10.2. The topological polar surface area (TPSA) is 94.5 Å². The standard InChI is InChI=1S/C22H22N2O5S/c1-30(27,28)14-13-29-19-10-5-9-18(15-19)23-21(25)20-11-6-12-24(22(20)26)16-17-7-3-2-4-8-17/h2-12,15H,13-14,16H2,1H3,(H,23,25). The first kappa shape index (κ1) is 21.3. The van der Waals surface area contributed by atoms with E-state index in [1.807, 2.05) is 30.3 Å². The van der Waals surface area contributed by atoms with Gasteiger partial charge in [-0.2, -0.15) is 0 Å². The Morgan fingerprint density at radius 1 is 1.03 bits per heavy atom. The zero-order chi connectivity index (χ0) is 21.6. The first-order valence-corrected chi connectivity index (χ1v) is 11.3. The van der Waals surface area contributed by atoms with Crippen molar-refractivity contribution in [2.45, 2.75) is 6.54 Å². The molecule has 0 fully saturated rings. The van der Waals surface area contributed by atoms with Crippen LogP contribution in [0.15, 0.2) is 77.7 Å². The van der Waals surface area contributed by atoms with E-state index in [-0.39, 0.29) is 23.5 Å². The van der Waals surface area contributed by atoms with Gasteiger partial charge in [-0.1, -0.05) is 36.4 Å². The van der Waals surface area contributed by atoms with Gasteiger partial charge < -0.3 is 14.6 Å². The van der Waals surface area contributed by atoms with Crippen molar-refractivity contribution in [3.05, 3.63) is 94.4 Å². The van der Waals surface area contributed by atoms with Crippen molar-refractivity contribution >= 4 is 21.4 Å². The molecule has 2 aromatic carbocycles. The van der Waals surface area contributed by atoms with E-state index in [2.05, 4.69) is 5.32 Å². The predicted octanol–water partition coefficient (Wildman–Crippen LogP) is 2.57. The van der Waals surface area contributed by atoms with Crippen LogP contribution in [0.1, 0.15) is 15.9 Å². The second-order valence-electron chi connectivity index (χ2n) is 6.80. The minimum Gasteiger partial charge on any atom is -0.492 e. The monoisotopic (exact) mass is 426 g/mol. The molecule has 3 rings (SSSR count). The van der Waals surface area contributed by atoms with E-state index < -0.39 is 15.7 Å². The van der Waals surface area contributed by atoms with Crippen LogP contribution in [0.5, 0.6) is 5.75 Å². The van der Waals surface area contributed by atoms with Gasteiger partial charge in [0.25, 0.3) is 11.5 Å². The summed E-state index contributed by atoms with van der Waals surface area (Å²) in [7, 11) is -3.12. The fourth-order valence-electron chi connectivity index (χ4n) is 2.79. The van der Waals surface area contributed by atoms with Crippen LogP contribution in [0.2, 0.25) is 0 Å². The molecule has 1 amide bonds. The molecule has 0 bridgehead atoms. The average molecular weight is 426 g/mol. The van der Waals surface area contributed by atoms with Gasteiger partial charge in [-0.05, 0) is 29.8 Å². The summed E-state index contributed by atoms with van der Waals surface area (Å²) in [6, 6.07) is 19.2. The van der Waals surface area contributed by atoms with Crippen LogP contribution in [0.3, 0.4) is 0 Å². The number of hydrogen-bond donors (Lipinski definition) is 1. The molecule has 30 heavy (non-hydrogen) atoms. The molecule has 1 N–H and O–H groups in total. The molecule has 8 heteroatoms. The number of nitrogens with zero attached hydrogens (tertiary/aromatic N) is 1. The summed E-state index contributed by atoms with van der Waals surface area (Å²) in [5, 5.41) is 2.69. The molecule has 0 saturated carbocycles. The van der Waals surface area contributed by atoms with E-state index in [0.717, 1.165) is 11.8 Å². The molecule has 1 aromatic heterocycles. The number of pyridine rings is 1. The highest BCUT2D eigenvalue weighted by molar-refractivity contribution is 7.90. The zero-order valence-electron chi connectivity index (χ0n) is 16.4. The number of ether oxygens (including phenoxy) is 1. The summed E-state index contributed by atoms with van der Waals surface area (Å²) in [6.07, 6.45) is 2.78. The minimum atomic E-state index is -3.12. The molecule has 0 saturated heterocycles. The Balaban J connectivity index is 1.71. The van der Waals surface area contributed by atoms with Gasteiger partial charge in [-0.25, -0.2) is 8.42 Å². The summed E-state index contributed by atoms with van der Waals surface area (Å²) in [5.41, 5.74) is 1.03. The van der Waals surface area contributed by atoms with Crippen molar-refractivity contribution in [2.24, 2.45) is 0 Å². The highest BCUT2D eigenvalue weighted by Crippen LogP contribution is 2.18. The smallest absolute Gasteiger partial charge is 0.263 e. The van der Waals surface area contributed by atoms with Crippen LogP contribution in [0, 0.1) is 0 Å². The maximum absolute atomic E-state index is 12.7. The number of rotatable bonds is 8. The van der Waals surface area contributed by atoms with Gasteiger partial charge in [0.05, 0.1) is 12.3 Å². The molecular weight excluding hydrogens is 404 g/mol. The number of nitrogens with one attached hydrogen (secondary N) is 1. The average Bonchev–Trinajstić information content (AvgIpc) is 2.70. The molecule has 0 radical (unpaired) electrons. The molecular formula is C22H22N2O5S. The number of carbonyl (C=O) groups is 1. The van der Waals surface area contributed by atoms with Crippen LogP contribution in [-0.4, -0.2) is 37.5 Å². The fourth-order valence-corrected chi connectivity index (χ4v) is 3.17. The number of aromatic nitrogens is 1.